The van der Waals surface area contributed by atoms with Gasteiger partial charge in [0.05, 0.1) is 6.54 Å². The normalized spacial score (nSPS) is 14.6. The summed E-state index contributed by atoms with van der Waals surface area (Å²) in [6.07, 6.45) is 5.65. The van der Waals surface area contributed by atoms with Crippen LogP contribution in [0.4, 0.5) is 4.39 Å². The summed E-state index contributed by atoms with van der Waals surface area (Å²) in [4.78, 5) is 14.7. The SMILES string of the molecule is O=C(NC1CCCCC1)c1ccc(CN(Cc2ccccc2)Cc2ccccc2F)o1. The van der Waals surface area contributed by atoms with Gasteiger partial charge in [-0.1, -0.05) is 67.8 Å². The number of benzene rings is 2. The van der Waals surface area contributed by atoms with Gasteiger partial charge in [0.25, 0.3) is 5.91 Å². The molecule has 162 valence electrons. The van der Waals surface area contributed by atoms with Gasteiger partial charge in [-0.05, 0) is 36.6 Å². The van der Waals surface area contributed by atoms with Crippen molar-refractivity contribution in [2.45, 2.75) is 57.8 Å². The molecule has 0 saturated heterocycles. The minimum Gasteiger partial charge on any atom is -0.455 e. The molecule has 1 amide bonds. The minimum absolute atomic E-state index is 0.151. The van der Waals surface area contributed by atoms with Crippen molar-refractivity contribution in [3.05, 3.63) is 95.2 Å². The highest BCUT2D eigenvalue weighted by molar-refractivity contribution is 5.91. The summed E-state index contributed by atoms with van der Waals surface area (Å²) in [5, 5.41) is 3.09. The molecule has 1 N–H and O–H groups in total. The Balaban J connectivity index is 1.44. The van der Waals surface area contributed by atoms with Crippen LogP contribution in [0.2, 0.25) is 0 Å². The van der Waals surface area contributed by atoms with Crippen LogP contribution in [-0.4, -0.2) is 16.8 Å². The fourth-order valence-corrected chi connectivity index (χ4v) is 4.19. The van der Waals surface area contributed by atoms with E-state index < -0.39 is 0 Å². The highest BCUT2D eigenvalue weighted by Gasteiger charge is 2.20. The molecule has 4 rings (SSSR count). The second kappa shape index (κ2) is 10.4. The van der Waals surface area contributed by atoms with Crippen molar-refractivity contribution < 1.29 is 13.6 Å². The number of rotatable bonds is 8. The van der Waals surface area contributed by atoms with Gasteiger partial charge >= 0.3 is 0 Å². The molecule has 1 aliphatic carbocycles. The first-order valence-electron chi connectivity index (χ1n) is 11.1. The molecular formula is C26H29FN2O2. The van der Waals surface area contributed by atoms with Crippen LogP contribution >= 0.6 is 0 Å². The third kappa shape index (κ3) is 6.05. The van der Waals surface area contributed by atoms with Crippen LogP contribution < -0.4 is 5.32 Å². The van der Waals surface area contributed by atoms with Gasteiger partial charge in [0, 0.05) is 24.7 Å². The summed E-state index contributed by atoms with van der Waals surface area (Å²) in [5.41, 5.74) is 1.78. The number of nitrogens with zero attached hydrogens (tertiary/aromatic N) is 1. The van der Waals surface area contributed by atoms with E-state index >= 15 is 0 Å². The van der Waals surface area contributed by atoms with Gasteiger partial charge in [0.2, 0.25) is 0 Å². The van der Waals surface area contributed by atoms with Gasteiger partial charge in [-0.3, -0.25) is 9.69 Å². The van der Waals surface area contributed by atoms with Crippen LogP contribution in [0.5, 0.6) is 0 Å². The molecule has 1 saturated carbocycles. The van der Waals surface area contributed by atoms with E-state index in [1.165, 1.54) is 25.3 Å². The van der Waals surface area contributed by atoms with Gasteiger partial charge in [0.15, 0.2) is 5.76 Å². The van der Waals surface area contributed by atoms with Crippen LogP contribution in [0.25, 0.3) is 0 Å². The molecule has 4 nitrogen and oxygen atoms in total. The minimum atomic E-state index is -0.215. The maximum atomic E-state index is 14.3. The summed E-state index contributed by atoms with van der Waals surface area (Å²) in [6.45, 7) is 1.59. The molecule has 0 radical (unpaired) electrons. The maximum Gasteiger partial charge on any atom is 0.287 e. The summed E-state index contributed by atoms with van der Waals surface area (Å²) in [7, 11) is 0. The largest absolute Gasteiger partial charge is 0.455 e. The quantitative estimate of drug-likeness (QED) is 0.510. The van der Waals surface area contributed by atoms with Crippen LogP contribution in [-0.2, 0) is 19.6 Å². The molecule has 0 aliphatic heterocycles. The zero-order chi connectivity index (χ0) is 21.5. The highest BCUT2D eigenvalue weighted by atomic mass is 19.1. The monoisotopic (exact) mass is 420 g/mol. The predicted octanol–water partition coefficient (Wildman–Crippen LogP) is 5.68. The first-order valence-corrected chi connectivity index (χ1v) is 11.1. The number of hydrogen-bond donors (Lipinski definition) is 1. The van der Waals surface area contributed by atoms with Crippen molar-refractivity contribution in [2.75, 3.05) is 0 Å². The van der Waals surface area contributed by atoms with Crippen molar-refractivity contribution in [2.24, 2.45) is 0 Å². The second-order valence-corrected chi connectivity index (χ2v) is 8.30. The molecule has 1 aromatic heterocycles. The van der Waals surface area contributed by atoms with Gasteiger partial charge < -0.3 is 9.73 Å². The molecule has 31 heavy (non-hydrogen) atoms. The summed E-state index contributed by atoms with van der Waals surface area (Å²) in [5.74, 6) is 0.668. The Bertz CT molecular complexity index is 980. The van der Waals surface area contributed by atoms with E-state index in [0.717, 1.165) is 18.4 Å². The van der Waals surface area contributed by atoms with Crippen molar-refractivity contribution >= 4 is 5.91 Å². The van der Waals surface area contributed by atoms with E-state index in [1.54, 1.807) is 18.2 Å². The van der Waals surface area contributed by atoms with Crippen molar-refractivity contribution in [1.29, 1.82) is 0 Å². The van der Waals surface area contributed by atoms with Crippen LogP contribution in [0.3, 0.4) is 0 Å². The standard InChI is InChI=1S/C26H29FN2O2/c27-24-14-8-7-11-21(24)18-29(17-20-9-3-1-4-10-20)19-23-15-16-25(31-23)26(30)28-22-12-5-2-6-13-22/h1,3-4,7-11,14-16,22H,2,5-6,12-13,17-19H2,(H,28,30). The number of nitrogens with one attached hydrogen (secondary N) is 1. The molecule has 1 fully saturated rings. The van der Waals surface area contributed by atoms with Gasteiger partial charge in [-0.15, -0.1) is 0 Å². The second-order valence-electron chi connectivity index (χ2n) is 8.30. The lowest BCUT2D eigenvalue weighted by Crippen LogP contribution is -2.35. The van der Waals surface area contributed by atoms with Gasteiger partial charge in [-0.2, -0.15) is 0 Å². The number of hydrogen-bond acceptors (Lipinski definition) is 3. The lowest BCUT2D eigenvalue weighted by molar-refractivity contribution is 0.0895. The van der Waals surface area contributed by atoms with E-state index in [2.05, 4.69) is 22.3 Å². The van der Waals surface area contributed by atoms with E-state index in [1.807, 2.05) is 30.3 Å². The molecule has 1 heterocycles. The molecule has 5 heteroatoms. The van der Waals surface area contributed by atoms with Gasteiger partial charge in [-0.25, -0.2) is 4.39 Å². The first kappa shape index (κ1) is 21.3. The molecule has 0 bridgehead atoms. The van der Waals surface area contributed by atoms with Crippen LogP contribution in [0.15, 0.2) is 71.1 Å². The number of amides is 1. The molecule has 2 aromatic carbocycles. The Kier molecular flexibility index (Phi) is 7.15. The van der Waals surface area contributed by atoms with E-state index in [0.29, 0.717) is 36.7 Å². The van der Waals surface area contributed by atoms with Gasteiger partial charge in [0.1, 0.15) is 11.6 Å². The smallest absolute Gasteiger partial charge is 0.287 e. The van der Waals surface area contributed by atoms with Crippen molar-refractivity contribution in [1.82, 2.24) is 10.2 Å². The van der Waals surface area contributed by atoms with Crippen LogP contribution in [0.1, 0.15) is 59.5 Å². The summed E-state index contributed by atoms with van der Waals surface area (Å²) >= 11 is 0. The fraction of sp³-hybridized carbons (Fsp3) is 0.346. The Labute approximate surface area is 183 Å². The molecule has 0 atom stereocenters. The number of halogens is 1. The zero-order valence-corrected chi connectivity index (χ0v) is 17.7. The van der Waals surface area contributed by atoms with Crippen molar-refractivity contribution in [3.63, 3.8) is 0 Å². The Morgan fingerprint density at radius 1 is 0.903 bits per heavy atom. The Hall–Kier alpha value is -2.92. The molecule has 1 aliphatic rings. The van der Waals surface area contributed by atoms with E-state index in [-0.39, 0.29) is 17.8 Å². The zero-order valence-electron chi connectivity index (χ0n) is 17.7. The number of furan rings is 1. The average molecular weight is 421 g/mol. The molecule has 0 unspecified atom stereocenters. The third-order valence-corrected chi connectivity index (χ3v) is 5.81. The van der Waals surface area contributed by atoms with Crippen molar-refractivity contribution in [3.8, 4) is 0 Å². The highest BCUT2D eigenvalue weighted by Crippen LogP contribution is 2.20. The number of carbonyl (C=O) groups excluding carboxylic acids is 1. The molecular weight excluding hydrogens is 391 g/mol. The predicted molar refractivity (Wildman–Crippen MR) is 119 cm³/mol. The average Bonchev–Trinajstić information content (AvgIpc) is 3.25. The molecule has 3 aromatic rings. The van der Waals surface area contributed by atoms with Crippen LogP contribution in [0, 0.1) is 5.82 Å². The topological polar surface area (TPSA) is 45.5 Å². The maximum absolute atomic E-state index is 14.3. The Morgan fingerprint density at radius 2 is 1.65 bits per heavy atom. The molecule has 0 spiro atoms. The van der Waals surface area contributed by atoms with E-state index in [4.69, 9.17) is 4.42 Å². The number of carbonyl (C=O) groups is 1. The summed E-state index contributed by atoms with van der Waals surface area (Å²) < 4.78 is 20.1. The first-order chi connectivity index (χ1) is 15.2. The lowest BCUT2D eigenvalue weighted by Gasteiger charge is -2.22. The van der Waals surface area contributed by atoms with E-state index in [9.17, 15) is 9.18 Å². The fourth-order valence-electron chi connectivity index (χ4n) is 4.19. The Morgan fingerprint density at radius 3 is 2.42 bits per heavy atom. The summed E-state index contributed by atoms with van der Waals surface area (Å²) in [6, 6.07) is 20.7. The lowest BCUT2D eigenvalue weighted by atomic mass is 9.95. The third-order valence-electron chi connectivity index (χ3n) is 5.81.